The molecule has 0 aliphatic carbocycles. The molecule has 0 saturated heterocycles. The predicted octanol–water partition coefficient (Wildman–Crippen LogP) is 3.34. The summed E-state index contributed by atoms with van der Waals surface area (Å²) in [6, 6.07) is 1.44. The summed E-state index contributed by atoms with van der Waals surface area (Å²) in [5.41, 5.74) is 2.31. The molecule has 1 rings (SSSR count). The highest BCUT2D eigenvalue weighted by Crippen LogP contribution is 2.26. The molecule has 1 nitrogen and oxygen atoms in total. The number of carbonyl (C=O) groups is 1. The van der Waals surface area contributed by atoms with E-state index in [1.165, 1.54) is 13.0 Å². The van der Waals surface area contributed by atoms with Gasteiger partial charge in [0.2, 0.25) is 0 Å². The maximum Gasteiger partial charge on any atom is 0.134 e. The molecule has 3 heteroatoms. The summed E-state index contributed by atoms with van der Waals surface area (Å²) in [4.78, 5) is 11.0. The van der Waals surface area contributed by atoms with Crippen LogP contribution in [-0.4, -0.2) is 5.78 Å². The average molecular weight is 259 g/mol. The second-order valence-corrected chi connectivity index (χ2v) is 4.30. The largest absolute Gasteiger partial charge is 0.300 e. The van der Waals surface area contributed by atoms with Crippen molar-refractivity contribution in [1.29, 1.82) is 0 Å². The van der Waals surface area contributed by atoms with E-state index in [2.05, 4.69) is 15.9 Å². The molecule has 1 aromatic carbocycles. The topological polar surface area (TPSA) is 17.1 Å². The van der Waals surface area contributed by atoms with Gasteiger partial charge in [0.1, 0.15) is 11.6 Å². The zero-order valence-corrected chi connectivity index (χ0v) is 10.0. The van der Waals surface area contributed by atoms with Crippen LogP contribution >= 0.6 is 15.9 Å². The van der Waals surface area contributed by atoms with Gasteiger partial charge in [-0.2, -0.15) is 0 Å². The Morgan fingerprint density at radius 3 is 2.50 bits per heavy atom. The molecular formula is C11H12BrFO. The van der Waals surface area contributed by atoms with Crippen LogP contribution in [0.4, 0.5) is 4.39 Å². The van der Waals surface area contributed by atoms with Crippen molar-refractivity contribution < 1.29 is 9.18 Å². The molecule has 1 aromatic rings. The van der Waals surface area contributed by atoms with Gasteiger partial charge in [-0.15, -0.1) is 0 Å². The van der Waals surface area contributed by atoms with E-state index in [0.717, 1.165) is 15.6 Å². The van der Waals surface area contributed by atoms with Gasteiger partial charge < -0.3 is 0 Å². The average Bonchev–Trinajstić information content (AvgIpc) is 2.09. The summed E-state index contributed by atoms with van der Waals surface area (Å²) in [6.45, 7) is 5.10. The van der Waals surface area contributed by atoms with Crippen LogP contribution in [0.3, 0.4) is 0 Å². The second kappa shape index (κ2) is 4.22. The molecular weight excluding hydrogens is 247 g/mol. The molecule has 0 saturated carbocycles. The molecule has 0 aliphatic rings. The Hall–Kier alpha value is -0.700. The lowest BCUT2D eigenvalue weighted by Gasteiger charge is -2.10. The number of benzene rings is 1. The van der Waals surface area contributed by atoms with Crippen LogP contribution in [0.25, 0.3) is 0 Å². The van der Waals surface area contributed by atoms with Gasteiger partial charge in [0.15, 0.2) is 0 Å². The third kappa shape index (κ3) is 2.21. The van der Waals surface area contributed by atoms with Crippen molar-refractivity contribution in [2.75, 3.05) is 0 Å². The number of hydrogen-bond donors (Lipinski definition) is 0. The standard InChI is InChI=1S/C11H12BrFO/c1-6(14)4-9-7(2)10(12)5-11(13)8(9)3/h5H,4H2,1-3H3. The number of hydrogen-bond acceptors (Lipinski definition) is 1. The van der Waals surface area contributed by atoms with Crippen molar-refractivity contribution in [3.63, 3.8) is 0 Å². The predicted molar refractivity (Wildman–Crippen MR) is 58.0 cm³/mol. The van der Waals surface area contributed by atoms with Crippen molar-refractivity contribution in [1.82, 2.24) is 0 Å². The van der Waals surface area contributed by atoms with Crippen molar-refractivity contribution >= 4 is 21.7 Å². The molecule has 0 aromatic heterocycles. The summed E-state index contributed by atoms with van der Waals surface area (Å²) in [5.74, 6) is -0.215. The first-order valence-corrected chi connectivity index (χ1v) is 5.16. The van der Waals surface area contributed by atoms with E-state index >= 15 is 0 Å². The highest BCUT2D eigenvalue weighted by atomic mass is 79.9. The Labute approximate surface area is 91.5 Å². The van der Waals surface area contributed by atoms with Gasteiger partial charge in [-0.05, 0) is 43.5 Å². The van der Waals surface area contributed by atoms with E-state index in [1.54, 1.807) is 6.92 Å². The van der Waals surface area contributed by atoms with Crippen molar-refractivity contribution in [3.8, 4) is 0 Å². The minimum atomic E-state index is -0.265. The Morgan fingerprint density at radius 1 is 1.43 bits per heavy atom. The molecule has 0 amide bonds. The van der Waals surface area contributed by atoms with Gasteiger partial charge in [-0.1, -0.05) is 15.9 Å². The van der Waals surface area contributed by atoms with Crippen LogP contribution in [0.2, 0.25) is 0 Å². The number of carbonyl (C=O) groups excluding carboxylic acids is 1. The zero-order valence-electron chi connectivity index (χ0n) is 8.45. The SMILES string of the molecule is CC(=O)Cc1c(C)c(F)cc(Br)c1C. The Balaban J connectivity index is 3.31. The fourth-order valence-corrected chi connectivity index (χ4v) is 1.85. The zero-order chi connectivity index (χ0) is 10.9. The maximum atomic E-state index is 13.3. The molecule has 0 fully saturated rings. The van der Waals surface area contributed by atoms with Crippen LogP contribution in [-0.2, 0) is 11.2 Å². The van der Waals surface area contributed by atoms with Crippen LogP contribution in [0.15, 0.2) is 10.5 Å². The fourth-order valence-electron chi connectivity index (χ4n) is 1.41. The molecule has 0 bridgehead atoms. The summed E-state index contributed by atoms with van der Waals surface area (Å²) in [7, 11) is 0. The lowest BCUT2D eigenvalue weighted by Crippen LogP contribution is -2.04. The first-order chi connectivity index (χ1) is 6.43. The van der Waals surface area contributed by atoms with E-state index in [9.17, 15) is 9.18 Å². The quantitative estimate of drug-likeness (QED) is 0.796. The third-order valence-electron chi connectivity index (χ3n) is 2.30. The summed E-state index contributed by atoms with van der Waals surface area (Å²) in [5, 5.41) is 0. The van der Waals surface area contributed by atoms with E-state index in [4.69, 9.17) is 0 Å². The van der Waals surface area contributed by atoms with Gasteiger partial charge in [-0.3, -0.25) is 4.79 Å². The van der Waals surface area contributed by atoms with Crippen molar-refractivity contribution in [2.45, 2.75) is 27.2 Å². The fraction of sp³-hybridized carbons (Fsp3) is 0.364. The molecule has 14 heavy (non-hydrogen) atoms. The molecule has 0 spiro atoms. The van der Waals surface area contributed by atoms with Crippen LogP contribution in [0, 0.1) is 19.7 Å². The first-order valence-electron chi connectivity index (χ1n) is 4.37. The molecule has 0 N–H and O–H groups in total. The Morgan fingerprint density at radius 2 is 2.00 bits per heavy atom. The number of ketones is 1. The van der Waals surface area contributed by atoms with Gasteiger partial charge in [0.05, 0.1) is 0 Å². The highest BCUT2D eigenvalue weighted by Gasteiger charge is 2.12. The van der Waals surface area contributed by atoms with Crippen LogP contribution < -0.4 is 0 Å². The molecule has 0 radical (unpaired) electrons. The number of rotatable bonds is 2. The highest BCUT2D eigenvalue weighted by molar-refractivity contribution is 9.10. The van der Waals surface area contributed by atoms with Gasteiger partial charge >= 0.3 is 0 Å². The third-order valence-corrected chi connectivity index (χ3v) is 3.12. The lowest BCUT2D eigenvalue weighted by atomic mass is 9.98. The van der Waals surface area contributed by atoms with Crippen LogP contribution in [0.5, 0.6) is 0 Å². The smallest absolute Gasteiger partial charge is 0.134 e. The molecule has 0 heterocycles. The lowest BCUT2D eigenvalue weighted by molar-refractivity contribution is -0.116. The van der Waals surface area contributed by atoms with Gasteiger partial charge in [0.25, 0.3) is 0 Å². The number of Topliss-reactive ketones (excluding diaryl/α,β-unsaturated/α-hetero) is 1. The van der Waals surface area contributed by atoms with E-state index in [0.29, 0.717) is 12.0 Å². The van der Waals surface area contributed by atoms with Crippen molar-refractivity contribution in [2.24, 2.45) is 0 Å². The minimum Gasteiger partial charge on any atom is -0.300 e. The van der Waals surface area contributed by atoms with E-state index in [-0.39, 0.29) is 11.6 Å². The summed E-state index contributed by atoms with van der Waals surface area (Å²) >= 11 is 3.27. The summed E-state index contributed by atoms with van der Waals surface area (Å²) < 4.78 is 14.0. The molecule has 76 valence electrons. The minimum absolute atomic E-state index is 0.0497. The normalized spacial score (nSPS) is 10.4. The van der Waals surface area contributed by atoms with E-state index in [1.807, 2.05) is 6.92 Å². The second-order valence-electron chi connectivity index (χ2n) is 3.45. The molecule has 0 atom stereocenters. The van der Waals surface area contributed by atoms with E-state index < -0.39 is 0 Å². The Kier molecular flexibility index (Phi) is 3.43. The Bertz CT molecular complexity index is 359. The van der Waals surface area contributed by atoms with Crippen LogP contribution in [0.1, 0.15) is 23.6 Å². The molecule has 0 aliphatic heterocycles. The summed E-state index contributed by atoms with van der Waals surface area (Å²) in [6.07, 6.45) is 0.300. The monoisotopic (exact) mass is 258 g/mol. The molecule has 0 unspecified atom stereocenters. The number of halogens is 2. The van der Waals surface area contributed by atoms with Crippen molar-refractivity contribution in [3.05, 3.63) is 33.0 Å². The van der Waals surface area contributed by atoms with Gasteiger partial charge in [-0.25, -0.2) is 4.39 Å². The maximum absolute atomic E-state index is 13.3. The first kappa shape index (κ1) is 11.4. The van der Waals surface area contributed by atoms with Gasteiger partial charge in [0, 0.05) is 10.9 Å².